The minimum absolute atomic E-state index is 0.00319. The number of hydrogen-bond acceptors (Lipinski definition) is 13. The fourth-order valence-electron chi connectivity index (χ4n) is 4.96. The van der Waals surface area contributed by atoms with E-state index < -0.39 is 79.6 Å². The monoisotopic (exact) mass is 618 g/mol. The number of rotatable bonds is 14. The van der Waals surface area contributed by atoms with Gasteiger partial charge in [-0.1, -0.05) is 18.2 Å². The van der Waals surface area contributed by atoms with Gasteiger partial charge in [0.05, 0.1) is 31.1 Å². The van der Waals surface area contributed by atoms with Gasteiger partial charge < -0.3 is 54.7 Å². The van der Waals surface area contributed by atoms with Gasteiger partial charge in [0.1, 0.15) is 42.0 Å². The average Bonchev–Trinajstić information content (AvgIpc) is 3.26. The predicted molar refractivity (Wildman–Crippen MR) is 151 cm³/mol. The Balaban J connectivity index is 1.58. The van der Waals surface area contributed by atoms with E-state index in [1.165, 1.54) is 37.3 Å². The number of esters is 1. The number of aromatic hydroxyl groups is 1. The third kappa shape index (κ3) is 7.53. The first kappa shape index (κ1) is 32.9. The molecule has 7 N–H and O–H groups in total. The van der Waals surface area contributed by atoms with E-state index in [2.05, 4.69) is 0 Å². The molecule has 0 bridgehead atoms. The van der Waals surface area contributed by atoms with Crippen molar-refractivity contribution in [1.82, 2.24) is 0 Å². The first-order valence-corrected chi connectivity index (χ1v) is 13.8. The van der Waals surface area contributed by atoms with E-state index in [0.717, 1.165) is 0 Å². The van der Waals surface area contributed by atoms with Gasteiger partial charge in [-0.2, -0.15) is 0 Å². The van der Waals surface area contributed by atoms with Crippen LogP contribution in [-0.2, 0) is 36.6 Å². The van der Waals surface area contributed by atoms with E-state index in [4.69, 9.17) is 18.9 Å². The zero-order chi connectivity index (χ0) is 32.1. The van der Waals surface area contributed by atoms with Gasteiger partial charge in [0.15, 0.2) is 12.5 Å². The van der Waals surface area contributed by atoms with E-state index in [1.807, 2.05) is 0 Å². The maximum atomic E-state index is 13.5. The summed E-state index contributed by atoms with van der Waals surface area (Å²) in [6, 6.07) is 5.80. The van der Waals surface area contributed by atoms with Crippen LogP contribution in [0.3, 0.4) is 0 Å². The number of aliphatic carboxylic acids is 1. The first-order valence-electron chi connectivity index (χ1n) is 13.8. The largest absolute Gasteiger partial charge is 0.510 e. The topological polar surface area (TPSA) is 230 Å². The number of hydrogen-bond donors (Lipinski definition) is 7. The summed E-state index contributed by atoms with van der Waals surface area (Å²) in [4.78, 5) is 36.4. The van der Waals surface area contributed by atoms with E-state index in [9.17, 15) is 50.1 Å². The normalized spacial score (nSPS) is 20.6. The zero-order valence-corrected chi connectivity index (χ0v) is 23.7. The molecule has 2 aromatic rings. The molecule has 6 atom stereocenters. The predicted octanol–water partition coefficient (Wildman–Crippen LogP) is -0.0258. The van der Waals surface area contributed by atoms with Gasteiger partial charge >= 0.3 is 11.9 Å². The van der Waals surface area contributed by atoms with Crippen molar-refractivity contribution in [2.75, 3.05) is 20.0 Å². The summed E-state index contributed by atoms with van der Waals surface area (Å²) >= 11 is 0. The number of phenolic OH excluding ortho intramolecular Hbond substituents is 1. The van der Waals surface area contributed by atoms with Crippen LogP contribution in [0.1, 0.15) is 24.5 Å². The van der Waals surface area contributed by atoms with Crippen LogP contribution >= 0.6 is 0 Å². The Morgan fingerprint density at radius 2 is 1.84 bits per heavy atom. The second-order valence-corrected chi connectivity index (χ2v) is 10.5. The fourth-order valence-corrected chi connectivity index (χ4v) is 4.96. The minimum Gasteiger partial charge on any atom is -0.510 e. The lowest BCUT2D eigenvalue weighted by atomic mass is 9.96. The first-order chi connectivity index (χ1) is 20.9. The van der Waals surface area contributed by atoms with Gasteiger partial charge in [-0.25, -0.2) is 4.79 Å². The van der Waals surface area contributed by atoms with E-state index >= 15 is 0 Å². The highest BCUT2D eigenvalue weighted by Gasteiger charge is 2.34. The van der Waals surface area contributed by atoms with Crippen molar-refractivity contribution in [3.63, 3.8) is 0 Å². The second kappa shape index (κ2) is 14.2. The number of aliphatic hydroxyl groups excluding tert-OH is 5. The Bertz CT molecular complexity index is 1510. The molecular formula is C30H34O14. The summed E-state index contributed by atoms with van der Waals surface area (Å²) in [6.07, 6.45) is -4.78. The number of ether oxygens (including phenoxy) is 4. The molecule has 0 aromatic heterocycles. The molecule has 4 rings (SSSR count). The van der Waals surface area contributed by atoms with Crippen molar-refractivity contribution in [3.8, 4) is 11.5 Å². The number of benzene rings is 1. The molecule has 238 valence electrons. The summed E-state index contributed by atoms with van der Waals surface area (Å²) in [5, 5.41) is 69.7. The van der Waals surface area contributed by atoms with Gasteiger partial charge in [-0.15, -0.1) is 0 Å². The maximum Gasteiger partial charge on any atom is 0.331 e. The van der Waals surface area contributed by atoms with Crippen molar-refractivity contribution in [3.05, 3.63) is 69.1 Å². The summed E-state index contributed by atoms with van der Waals surface area (Å²) in [5.41, 5.74) is 0.226. The number of carboxylic acids is 1. The Morgan fingerprint density at radius 3 is 2.52 bits per heavy atom. The summed E-state index contributed by atoms with van der Waals surface area (Å²) in [6.45, 7) is -0.182. The van der Waals surface area contributed by atoms with Gasteiger partial charge in [-0.05, 0) is 36.4 Å². The van der Waals surface area contributed by atoms with Crippen molar-refractivity contribution in [1.29, 1.82) is 0 Å². The molecule has 0 spiro atoms. The minimum atomic E-state index is -1.69. The maximum absolute atomic E-state index is 13.5. The van der Waals surface area contributed by atoms with Crippen molar-refractivity contribution >= 4 is 22.7 Å². The highest BCUT2D eigenvalue weighted by molar-refractivity contribution is 5.91. The SMILES string of the molecule is CC(O)C(O)C(O)C(CO)OCOc1cc(CCOC2CC3OC(=O)C=C3C=C2O)cc2ccc(CC(=O)O)c(O)c2c1=O. The lowest BCUT2D eigenvalue weighted by molar-refractivity contribution is -0.153. The molecule has 1 aliphatic carbocycles. The molecule has 44 heavy (non-hydrogen) atoms. The van der Waals surface area contributed by atoms with Crippen LogP contribution in [0.15, 0.2) is 52.5 Å². The molecule has 0 saturated heterocycles. The van der Waals surface area contributed by atoms with Crippen molar-refractivity contribution in [2.45, 2.75) is 62.8 Å². The lowest BCUT2D eigenvalue weighted by Crippen LogP contribution is -2.46. The highest BCUT2D eigenvalue weighted by Crippen LogP contribution is 2.31. The molecule has 14 nitrogen and oxygen atoms in total. The quantitative estimate of drug-likeness (QED) is 0.109. The van der Waals surface area contributed by atoms with Gasteiger partial charge in [0, 0.05) is 23.6 Å². The van der Waals surface area contributed by atoms with Crippen LogP contribution in [0, 0.1) is 0 Å². The Hall–Kier alpha value is -4.05. The third-order valence-corrected chi connectivity index (χ3v) is 7.34. The second-order valence-electron chi connectivity index (χ2n) is 10.5. The molecule has 6 unspecified atom stereocenters. The Morgan fingerprint density at radius 1 is 1.09 bits per heavy atom. The number of fused-ring (bicyclic) bond motifs is 2. The number of carboxylic acid groups (broad SMARTS) is 1. The van der Waals surface area contributed by atoms with Crippen LogP contribution in [0.25, 0.3) is 10.8 Å². The van der Waals surface area contributed by atoms with Gasteiger partial charge in [0.2, 0.25) is 5.43 Å². The molecule has 1 heterocycles. The van der Waals surface area contributed by atoms with E-state index in [-0.39, 0.29) is 47.3 Å². The van der Waals surface area contributed by atoms with E-state index in [0.29, 0.717) is 11.1 Å². The summed E-state index contributed by atoms with van der Waals surface area (Å²) in [5.74, 6) is -2.67. The molecule has 0 amide bonds. The molecule has 1 aliphatic heterocycles. The molecule has 14 heteroatoms. The fraction of sp³-hybridized carbons (Fsp3) is 0.433. The summed E-state index contributed by atoms with van der Waals surface area (Å²) < 4.78 is 21.9. The number of phenols is 1. The third-order valence-electron chi connectivity index (χ3n) is 7.34. The van der Waals surface area contributed by atoms with Crippen molar-refractivity contribution < 1.29 is 64.3 Å². The lowest BCUT2D eigenvalue weighted by Gasteiger charge is -2.26. The molecule has 2 aromatic carbocycles. The number of carbonyl (C=O) groups is 2. The van der Waals surface area contributed by atoms with E-state index in [1.54, 1.807) is 6.07 Å². The molecule has 0 fully saturated rings. The van der Waals surface area contributed by atoms with Crippen molar-refractivity contribution in [2.24, 2.45) is 0 Å². The Kier molecular flexibility index (Phi) is 10.6. The number of aliphatic hydroxyl groups is 5. The highest BCUT2D eigenvalue weighted by atomic mass is 16.7. The van der Waals surface area contributed by atoms with Crippen LogP contribution < -0.4 is 10.2 Å². The van der Waals surface area contributed by atoms with Crippen LogP contribution in [0.5, 0.6) is 11.5 Å². The Labute approximate surface area is 250 Å². The van der Waals surface area contributed by atoms with Crippen LogP contribution in [0.2, 0.25) is 0 Å². The van der Waals surface area contributed by atoms with Gasteiger partial charge in [0.25, 0.3) is 0 Å². The molecule has 2 aliphatic rings. The smallest absolute Gasteiger partial charge is 0.331 e. The standard InChI is InChI=1S/C30H34O14/c1-14(32)27(37)30(40)23(12-31)43-13-42-22-7-15(4-5-41-21-11-20-18(8-19(21)33)10-25(36)44-20)6-16-2-3-17(9-24(34)35)28(38)26(16)29(22)39/h2-3,6-8,10,14,20-21,23,27,30-33,37-38,40H,4-5,9,11-13H2,1H3,(H,34,35). The zero-order valence-electron chi connectivity index (χ0n) is 23.7. The summed E-state index contributed by atoms with van der Waals surface area (Å²) in [7, 11) is 0. The molecular weight excluding hydrogens is 584 g/mol. The molecule has 0 saturated carbocycles. The van der Waals surface area contributed by atoms with Gasteiger partial charge in [-0.3, -0.25) is 9.59 Å². The van der Waals surface area contributed by atoms with Crippen LogP contribution in [-0.4, -0.2) is 104 Å². The molecule has 0 radical (unpaired) electrons. The average molecular weight is 619 g/mol. The number of carbonyl (C=O) groups excluding carboxylic acids is 1. The van der Waals surface area contributed by atoms with Crippen LogP contribution in [0.4, 0.5) is 0 Å².